The van der Waals surface area contributed by atoms with Gasteiger partial charge in [-0.1, -0.05) is 59.4 Å². The molecule has 0 saturated carbocycles. The van der Waals surface area contributed by atoms with Crippen molar-refractivity contribution in [3.8, 4) is 0 Å². The van der Waals surface area contributed by atoms with Gasteiger partial charge in [-0.2, -0.15) is 0 Å². The molecule has 7 nitrogen and oxygen atoms in total. The van der Waals surface area contributed by atoms with Crippen LogP contribution < -0.4 is 9.62 Å². The van der Waals surface area contributed by atoms with Crippen molar-refractivity contribution in [2.45, 2.75) is 52.2 Å². The summed E-state index contributed by atoms with van der Waals surface area (Å²) in [5, 5.41) is 4.04. The topological polar surface area (TPSA) is 86.8 Å². The first-order chi connectivity index (χ1) is 16.5. The SMILES string of the molecule is CC[C@@H](C(=O)NC(C)(C)C)N(Cc1ccc(Cl)cc1Cl)C(=O)CN(c1cc(Cl)cc(Cl)c1)S(C)(=O)=O. The molecule has 2 aromatic carbocycles. The molecule has 2 rings (SSSR count). The van der Waals surface area contributed by atoms with Crippen LogP contribution in [0.25, 0.3) is 0 Å². The third kappa shape index (κ3) is 8.70. The van der Waals surface area contributed by atoms with Crippen LogP contribution in [-0.4, -0.2) is 49.5 Å². The van der Waals surface area contributed by atoms with Crippen LogP contribution in [0.1, 0.15) is 39.7 Å². The zero-order valence-electron chi connectivity index (χ0n) is 20.6. The van der Waals surface area contributed by atoms with E-state index in [1.165, 1.54) is 29.2 Å². The first-order valence-electron chi connectivity index (χ1n) is 11.0. The minimum Gasteiger partial charge on any atom is -0.350 e. The minimum atomic E-state index is -3.92. The second kappa shape index (κ2) is 12.2. The lowest BCUT2D eigenvalue weighted by Crippen LogP contribution is -2.55. The third-order valence-electron chi connectivity index (χ3n) is 5.05. The van der Waals surface area contributed by atoms with E-state index in [9.17, 15) is 18.0 Å². The van der Waals surface area contributed by atoms with E-state index >= 15 is 0 Å². The average molecular weight is 597 g/mol. The average Bonchev–Trinajstić information content (AvgIpc) is 2.70. The van der Waals surface area contributed by atoms with E-state index < -0.39 is 34.1 Å². The molecule has 12 heteroatoms. The largest absolute Gasteiger partial charge is 0.350 e. The number of sulfonamides is 1. The molecular formula is C24H29Cl4N3O4S. The van der Waals surface area contributed by atoms with Gasteiger partial charge in [0.25, 0.3) is 0 Å². The first-order valence-corrected chi connectivity index (χ1v) is 14.4. The van der Waals surface area contributed by atoms with E-state index in [0.29, 0.717) is 15.6 Å². The van der Waals surface area contributed by atoms with Gasteiger partial charge in [-0.3, -0.25) is 13.9 Å². The molecule has 0 heterocycles. The van der Waals surface area contributed by atoms with Crippen LogP contribution in [0.15, 0.2) is 36.4 Å². The van der Waals surface area contributed by atoms with Crippen LogP contribution >= 0.6 is 46.4 Å². The van der Waals surface area contributed by atoms with E-state index in [-0.39, 0.29) is 34.6 Å². The third-order valence-corrected chi connectivity index (χ3v) is 7.22. The Labute approximate surface area is 232 Å². The maximum atomic E-state index is 13.7. The van der Waals surface area contributed by atoms with Crippen LogP contribution in [0.5, 0.6) is 0 Å². The van der Waals surface area contributed by atoms with E-state index in [1.54, 1.807) is 19.1 Å². The summed E-state index contributed by atoms with van der Waals surface area (Å²) in [5.41, 5.74) is 0.126. The lowest BCUT2D eigenvalue weighted by Gasteiger charge is -2.34. The van der Waals surface area contributed by atoms with Gasteiger partial charge in [-0.15, -0.1) is 0 Å². The van der Waals surface area contributed by atoms with Crippen LogP contribution in [0, 0.1) is 0 Å². The number of carbonyl (C=O) groups excluding carboxylic acids is 2. The summed E-state index contributed by atoms with van der Waals surface area (Å²) >= 11 is 24.5. The van der Waals surface area contributed by atoms with Gasteiger partial charge >= 0.3 is 0 Å². The van der Waals surface area contributed by atoms with Crippen molar-refractivity contribution in [1.29, 1.82) is 0 Å². The highest BCUT2D eigenvalue weighted by Gasteiger charge is 2.33. The summed E-state index contributed by atoms with van der Waals surface area (Å²) in [6, 6.07) is 8.16. The van der Waals surface area contributed by atoms with Gasteiger partial charge in [0.2, 0.25) is 21.8 Å². The molecule has 198 valence electrons. The number of halogens is 4. The molecule has 0 radical (unpaired) electrons. The molecule has 0 spiro atoms. The number of carbonyl (C=O) groups is 2. The predicted octanol–water partition coefficient (Wildman–Crippen LogP) is 5.79. The predicted molar refractivity (Wildman–Crippen MR) is 148 cm³/mol. The molecule has 0 fully saturated rings. The Morgan fingerprint density at radius 3 is 2.03 bits per heavy atom. The molecule has 2 aromatic rings. The fraction of sp³-hybridized carbons (Fsp3) is 0.417. The molecular weight excluding hydrogens is 568 g/mol. The Balaban J connectivity index is 2.53. The van der Waals surface area contributed by atoms with Crippen molar-refractivity contribution in [1.82, 2.24) is 10.2 Å². The van der Waals surface area contributed by atoms with E-state index in [2.05, 4.69) is 5.32 Å². The highest BCUT2D eigenvalue weighted by Crippen LogP contribution is 2.28. The van der Waals surface area contributed by atoms with Gasteiger partial charge in [-0.05, 0) is 63.1 Å². The Hall–Kier alpha value is -1.71. The zero-order valence-corrected chi connectivity index (χ0v) is 24.5. The molecule has 0 aliphatic heterocycles. The zero-order chi connectivity index (χ0) is 27.4. The van der Waals surface area contributed by atoms with Crippen LogP contribution in [0.4, 0.5) is 5.69 Å². The number of hydrogen-bond acceptors (Lipinski definition) is 4. The van der Waals surface area contributed by atoms with E-state index in [1.807, 2.05) is 20.8 Å². The van der Waals surface area contributed by atoms with Crippen molar-refractivity contribution in [2.75, 3.05) is 17.1 Å². The summed E-state index contributed by atoms with van der Waals surface area (Å²) in [4.78, 5) is 28.2. The second-order valence-electron chi connectivity index (χ2n) is 9.32. The standard InChI is InChI=1S/C24H29Cl4N3O4S/c1-6-21(23(33)29-24(2,3)4)30(13-15-7-8-16(25)12-20(15)28)22(32)14-31(36(5,34)35)19-10-17(26)9-18(27)11-19/h7-12,21H,6,13-14H2,1-5H3,(H,29,33)/t21-/m0/s1. The quantitative estimate of drug-likeness (QED) is 0.397. The number of amides is 2. The fourth-order valence-corrected chi connectivity index (χ4v) is 5.32. The van der Waals surface area contributed by atoms with Crippen LogP contribution in [0.3, 0.4) is 0 Å². The lowest BCUT2D eigenvalue weighted by atomic mass is 10.1. The molecule has 2 amide bonds. The Morgan fingerprint density at radius 1 is 0.972 bits per heavy atom. The normalized spacial score (nSPS) is 12.7. The number of nitrogens with one attached hydrogen (secondary N) is 1. The Bertz CT molecular complexity index is 1210. The molecule has 0 unspecified atom stereocenters. The highest BCUT2D eigenvalue weighted by atomic mass is 35.5. The maximum Gasteiger partial charge on any atom is 0.244 e. The summed E-state index contributed by atoms with van der Waals surface area (Å²) in [6.45, 7) is 6.62. The van der Waals surface area contributed by atoms with Crippen LogP contribution in [0.2, 0.25) is 20.1 Å². The van der Waals surface area contributed by atoms with Gasteiger partial charge in [-0.25, -0.2) is 8.42 Å². The molecule has 1 atom stereocenters. The molecule has 0 aliphatic carbocycles. The second-order valence-corrected chi connectivity index (χ2v) is 12.9. The van der Waals surface area contributed by atoms with Gasteiger partial charge in [0, 0.05) is 32.2 Å². The summed E-state index contributed by atoms with van der Waals surface area (Å²) < 4.78 is 26.3. The highest BCUT2D eigenvalue weighted by molar-refractivity contribution is 7.92. The molecule has 36 heavy (non-hydrogen) atoms. The molecule has 0 aliphatic rings. The van der Waals surface area contributed by atoms with Crippen molar-refractivity contribution < 1.29 is 18.0 Å². The number of hydrogen-bond donors (Lipinski definition) is 1. The minimum absolute atomic E-state index is 0.0428. The Morgan fingerprint density at radius 2 is 1.56 bits per heavy atom. The monoisotopic (exact) mass is 595 g/mol. The molecule has 0 saturated heterocycles. The first kappa shape index (κ1) is 30.5. The fourth-order valence-electron chi connectivity index (χ4n) is 3.50. The van der Waals surface area contributed by atoms with E-state index in [0.717, 1.165) is 10.6 Å². The number of nitrogens with zero attached hydrogens (tertiary/aromatic N) is 2. The van der Waals surface area contributed by atoms with Crippen molar-refractivity contribution >= 4 is 73.9 Å². The van der Waals surface area contributed by atoms with Crippen molar-refractivity contribution in [3.05, 3.63) is 62.1 Å². The smallest absolute Gasteiger partial charge is 0.244 e. The van der Waals surface area contributed by atoms with Crippen LogP contribution in [-0.2, 0) is 26.2 Å². The summed E-state index contributed by atoms with van der Waals surface area (Å²) in [7, 11) is -3.92. The lowest BCUT2D eigenvalue weighted by molar-refractivity contribution is -0.141. The molecule has 0 aromatic heterocycles. The molecule has 1 N–H and O–H groups in total. The number of benzene rings is 2. The van der Waals surface area contributed by atoms with Crippen molar-refractivity contribution in [2.24, 2.45) is 0 Å². The number of anilines is 1. The summed E-state index contributed by atoms with van der Waals surface area (Å²) in [5.74, 6) is -0.987. The van der Waals surface area contributed by atoms with E-state index in [4.69, 9.17) is 46.4 Å². The molecule has 0 bridgehead atoms. The summed E-state index contributed by atoms with van der Waals surface area (Å²) in [6.07, 6.45) is 1.25. The van der Waals surface area contributed by atoms with Crippen molar-refractivity contribution in [3.63, 3.8) is 0 Å². The van der Waals surface area contributed by atoms with Gasteiger partial charge in [0.05, 0.1) is 11.9 Å². The van der Waals surface area contributed by atoms with Gasteiger partial charge in [0.1, 0.15) is 12.6 Å². The number of rotatable bonds is 9. The Kier molecular flexibility index (Phi) is 10.4. The van der Waals surface area contributed by atoms with Gasteiger partial charge in [0.15, 0.2) is 0 Å². The maximum absolute atomic E-state index is 13.7. The van der Waals surface area contributed by atoms with Gasteiger partial charge < -0.3 is 10.2 Å².